The molecule has 1 fully saturated rings. The van der Waals surface area contributed by atoms with Gasteiger partial charge in [-0.05, 0) is 24.3 Å². The first kappa shape index (κ1) is 11.6. The number of nitrogens with one attached hydrogen (secondary N) is 1. The molecule has 0 bridgehead atoms. The van der Waals surface area contributed by atoms with Crippen LogP contribution in [-0.2, 0) is 4.74 Å². The number of benzene rings is 1. The van der Waals surface area contributed by atoms with E-state index in [9.17, 15) is 0 Å². The van der Waals surface area contributed by atoms with Gasteiger partial charge in [0.05, 0.1) is 13.2 Å². The second-order valence-electron chi connectivity index (χ2n) is 4.04. The minimum atomic E-state index is -0.0210. The zero-order valence-corrected chi connectivity index (χ0v) is 10.4. The lowest BCUT2D eigenvalue weighted by Crippen LogP contribution is -2.34. The van der Waals surface area contributed by atoms with Gasteiger partial charge in [-0.25, -0.2) is 0 Å². The Bertz CT molecular complexity index is 520. The highest BCUT2D eigenvalue weighted by Crippen LogP contribution is 2.21. The Morgan fingerprint density at radius 1 is 1.28 bits per heavy atom. The molecule has 0 radical (unpaired) electrons. The van der Waals surface area contributed by atoms with E-state index in [4.69, 9.17) is 20.9 Å². The number of halogens is 1. The summed E-state index contributed by atoms with van der Waals surface area (Å²) in [5, 5.41) is 7.92. The fraction of sp³-hybridized carbons (Fsp3) is 0.333. The van der Waals surface area contributed by atoms with Crippen molar-refractivity contribution in [1.29, 1.82) is 0 Å². The van der Waals surface area contributed by atoms with Gasteiger partial charge in [-0.3, -0.25) is 0 Å². The van der Waals surface area contributed by atoms with Crippen molar-refractivity contribution < 1.29 is 9.26 Å². The average molecular weight is 266 g/mol. The lowest BCUT2D eigenvalue weighted by Gasteiger charge is -2.20. The minimum Gasteiger partial charge on any atom is -0.378 e. The second-order valence-corrected chi connectivity index (χ2v) is 4.48. The number of nitrogens with zero attached hydrogens (tertiary/aromatic N) is 2. The summed E-state index contributed by atoms with van der Waals surface area (Å²) in [5.74, 6) is 1.12. The molecule has 1 saturated heterocycles. The van der Waals surface area contributed by atoms with Gasteiger partial charge in [-0.2, -0.15) is 4.98 Å². The molecule has 1 aromatic heterocycles. The quantitative estimate of drug-likeness (QED) is 0.901. The molecule has 1 aliphatic rings. The van der Waals surface area contributed by atoms with Crippen LogP contribution in [0.4, 0.5) is 0 Å². The molecule has 1 N–H and O–H groups in total. The molecule has 0 saturated carbocycles. The van der Waals surface area contributed by atoms with Gasteiger partial charge in [-0.1, -0.05) is 16.8 Å². The van der Waals surface area contributed by atoms with Crippen LogP contribution in [0.1, 0.15) is 11.9 Å². The van der Waals surface area contributed by atoms with E-state index in [0.717, 1.165) is 12.1 Å². The van der Waals surface area contributed by atoms with Crippen LogP contribution in [0.15, 0.2) is 28.8 Å². The van der Waals surface area contributed by atoms with Gasteiger partial charge in [0.15, 0.2) is 0 Å². The highest BCUT2D eigenvalue weighted by Gasteiger charge is 2.21. The number of hydrogen-bond donors (Lipinski definition) is 1. The molecule has 0 amide bonds. The van der Waals surface area contributed by atoms with E-state index in [1.54, 1.807) is 12.1 Å². The number of morpholine rings is 1. The lowest BCUT2D eigenvalue weighted by atomic mass is 10.2. The number of rotatable bonds is 2. The maximum absolute atomic E-state index is 5.84. The van der Waals surface area contributed by atoms with Crippen LogP contribution >= 0.6 is 11.6 Å². The topological polar surface area (TPSA) is 60.2 Å². The van der Waals surface area contributed by atoms with Crippen molar-refractivity contribution in [3.63, 3.8) is 0 Å². The van der Waals surface area contributed by atoms with E-state index in [1.807, 2.05) is 12.1 Å². The molecule has 2 aromatic rings. The van der Waals surface area contributed by atoms with Crippen molar-refractivity contribution in [3.05, 3.63) is 35.2 Å². The molecule has 5 nitrogen and oxygen atoms in total. The fourth-order valence-electron chi connectivity index (χ4n) is 1.82. The molecule has 1 atom stereocenters. The molecule has 3 rings (SSSR count). The zero-order chi connectivity index (χ0) is 12.4. The van der Waals surface area contributed by atoms with E-state index in [-0.39, 0.29) is 6.04 Å². The third-order valence-corrected chi connectivity index (χ3v) is 3.02. The molecule has 1 aromatic carbocycles. The highest BCUT2D eigenvalue weighted by molar-refractivity contribution is 6.30. The zero-order valence-electron chi connectivity index (χ0n) is 9.60. The normalized spacial score (nSPS) is 19.9. The van der Waals surface area contributed by atoms with Crippen molar-refractivity contribution in [2.75, 3.05) is 19.8 Å². The molecular weight excluding hydrogens is 254 g/mol. The summed E-state index contributed by atoms with van der Waals surface area (Å²) in [6.45, 7) is 2.07. The van der Waals surface area contributed by atoms with Crippen LogP contribution in [0.3, 0.4) is 0 Å². The van der Waals surface area contributed by atoms with Crippen molar-refractivity contribution in [3.8, 4) is 11.4 Å². The highest BCUT2D eigenvalue weighted by atomic mass is 35.5. The summed E-state index contributed by atoms with van der Waals surface area (Å²) in [5.41, 5.74) is 0.881. The van der Waals surface area contributed by atoms with Crippen molar-refractivity contribution in [1.82, 2.24) is 15.5 Å². The molecule has 0 aliphatic carbocycles. The molecular formula is C12H12ClN3O2. The molecule has 0 spiro atoms. The second kappa shape index (κ2) is 5.06. The Hall–Kier alpha value is -1.43. The summed E-state index contributed by atoms with van der Waals surface area (Å²) < 4.78 is 10.6. The Morgan fingerprint density at radius 2 is 2.11 bits per heavy atom. The first-order valence-corrected chi connectivity index (χ1v) is 6.11. The van der Waals surface area contributed by atoms with Crippen LogP contribution in [0.2, 0.25) is 5.02 Å². The molecule has 94 valence electrons. The van der Waals surface area contributed by atoms with Crippen molar-refractivity contribution in [2.45, 2.75) is 6.04 Å². The molecule has 6 heteroatoms. The predicted octanol–water partition coefficient (Wildman–Crippen LogP) is 2.05. The van der Waals surface area contributed by atoms with Crippen LogP contribution in [-0.4, -0.2) is 29.9 Å². The first-order valence-electron chi connectivity index (χ1n) is 5.73. The third kappa shape index (κ3) is 2.38. The van der Waals surface area contributed by atoms with Gasteiger partial charge in [0, 0.05) is 17.1 Å². The molecule has 1 aliphatic heterocycles. The fourth-order valence-corrected chi connectivity index (χ4v) is 1.94. The summed E-state index contributed by atoms with van der Waals surface area (Å²) in [7, 11) is 0. The Labute approximate surface area is 109 Å². The van der Waals surface area contributed by atoms with Crippen molar-refractivity contribution in [2.24, 2.45) is 0 Å². The van der Waals surface area contributed by atoms with E-state index in [0.29, 0.717) is 30.0 Å². The van der Waals surface area contributed by atoms with Crippen LogP contribution in [0.25, 0.3) is 11.4 Å². The smallest absolute Gasteiger partial charge is 0.246 e. The molecule has 1 unspecified atom stereocenters. The van der Waals surface area contributed by atoms with Gasteiger partial charge in [-0.15, -0.1) is 0 Å². The van der Waals surface area contributed by atoms with Gasteiger partial charge < -0.3 is 14.6 Å². The summed E-state index contributed by atoms with van der Waals surface area (Å²) in [6, 6.07) is 7.31. The number of ether oxygens (including phenoxy) is 1. The van der Waals surface area contributed by atoms with Gasteiger partial charge in [0.25, 0.3) is 0 Å². The predicted molar refractivity (Wildman–Crippen MR) is 66.3 cm³/mol. The van der Waals surface area contributed by atoms with Gasteiger partial charge in [0.1, 0.15) is 6.04 Å². The van der Waals surface area contributed by atoms with E-state index in [2.05, 4.69) is 15.5 Å². The Morgan fingerprint density at radius 3 is 2.83 bits per heavy atom. The summed E-state index contributed by atoms with van der Waals surface area (Å²) in [4.78, 5) is 4.37. The Balaban J connectivity index is 1.82. The van der Waals surface area contributed by atoms with E-state index in [1.165, 1.54) is 0 Å². The van der Waals surface area contributed by atoms with Crippen LogP contribution in [0.5, 0.6) is 0 Å². The van der Waals surface area contributed by atoms with Crippen LogP contribution < -0.4 is 5.32 Å². The van der Waals surface area contributed by atoms with E-state index < -0.39 is 0 Å². The SMILES string of the molecule is Clc1ccc(-c2noc(C3COCCN3)n2)cc1. The van der Waals surface area contributed by atoms with Gasteiger partial charge in [0.2, 0.25) is 11.7 Å². The number of hydrogen-bond acceptors (Lipinski definition) is 5. The monoisotopic (exact) mass is 265 g/mol. The molecule has 18 heavy (non-hydrogen) atoms. The standard InChI is InChI=1S/C12H12ClN3O2/c13-9-3-1-8(2-4-9)11-15-12(18-16-11)10-7-17-6-5-14-10/h1-4,10,14H,5-7H2. The minimum absolute atomic E-state index is 0.0210. The maximum atomic E-state index is 5.84. The largest absolute Gasteiger partial charge is 0.378 e. The van der Waals surface area contributed by atoms with Crippen molar-refractivity contribution >= 4 is 11.6 Å². The lowest BCUT2D eigenvalue weighted by molar-refractivity contribution is 0.0659. The average Bonchev–Trinajstić information content (AvgIpc) is 2.90. The van der Waals surface area contributed by atoms with Crippen LogP contribution in [0, 0.1) is 0 Å². The summed E-state index contributed by atoms with van der Waals surface area (Å²) >= 11 is 5.84. The molecule has 2 heterocycles. The van der Waals surface area contributed by atoms with E-state index >= 15 is 0 Å². The maximum Gasteiger partial charge on any atom is 0.246 e. The number of aromatic nitrogens is 2. The first-order chi connectivity index (χ1) is 8.83. The Kier molecular flexibility index (Phi) is 3.27. The third-order valence-electron chi connectivity index (χ3n) is 2.76. The summed E-state index contributed by atoms with van der Waals surface area (Å²) in [6.07, 6.45) is 0. The van der Waals surface area contributed by atoms with Gasteiger partial charge >= 0.3 is 0 Å².